The van der Waals surface area contributed by atoms with Crippen molar-refractivity contribution in [3.63, 3.8) is 0 Å². The molecule has 0 aromatic rings. The zero-order valence-electron chi connectivity index (χ0n) is 11.8. The van der Waals surface area contributed by atoms with Crippen molar-refractivity contribution in [2.75, 3.05) is 57.0 Å². The van der Waals surface area contributed by atoms with Crippen molar-refractivity contribution in [1.29, 1.82) is 0 Å². The Balaban J connectivity index is 1.89. The van der Waals surface area contributed by atoms with Crippen LogP contribution in [0.15, 0.2) is 0 Å². The van der Waals surface area contributed by atoms with E-state index in [1.165, 1.54) is 11.4 Å². The summed E-state index contributed by atoms with van der Waals surface area (Å²) in [4.78, 5) is 2.12. The first-order valence-corrected chi connectivity index (χ1v) is 10.3. The fourth-order valence-corrected chi connectivity index (χ4v) is 5.89. The van der Waals surface area contributed by atoms with Gasteiger partial charge >= 0.3 is 0 Å². The third-order valence-electron chi connectivity index (χ3n) is 4.04. The number of hydrogen-bond donors (Lipinski definition) is 1. The van der Waals surface area contributed by atoms with Gasteiger partial charge in [-0.15, -0.1) is 0 Å². The minimum Gasteiger partial charge on any atom is -0.314 e. The smallest absolute Gasteiger partial charge is 0.215 e. The van der Waals surface area contributed by atoms with Gasteiger partial charge in [0.25, 0.3) is 0 Å². The Kier molecular flexibility index (Phi) is 5.06. The minimum atomic E-state index is -3.39. The molecule has 20 heavy (non-hydrogen) atoms. The van der Waals surface area contributed by atoms with Gasteiger partial charge in [-0.3, -0.25) is 4.90 Å². The van der Waals surface area contributed by atoms with E-state index in [1.54, 1.807) is 0 Å². The number of nitrogens with one attached hydrogen (secondary N) is 1. The fourth-order valence-electron chi connectivity index (χ4n) is 2.61. The number of rotatable bonds is 5. The van der Waals surface area contributed by atoms with Gasteiger partial charge in [0.15, 0.2) is 9.84 Å². The molecular formula is C11H23N3O4S2. The van der Waals surface area contributed by atoms with Crippen molar-refractivity contribution in [2.24, 2.45) is 0 Å². The second kappa shape index (κ2) is 6.27. The van der Waals surface area contributed by atoms with Gasteiger partial charge in [-0.2, -0.15) is 0 Å². The molecule has 0 radical (unpaired) electrons. The van der Waals surface area contributed by atoms with Crippen LogP contribution in [0.1, 0.15) is 6.42 Å². The van der Waals surface area contributed by atoms with E-state index in [2.05, 4.69) is 10.2 Å². The monoisotopic (exact) mass is 325 g/mol. The average molecular weight is 325 g/mol. The van der Waals surface area contributed by atoms with Gasteiger partial charge in [-0.1, -0.05) is 0 Å². The van der Waals surface area contributed by atoms with E-state index in [0.717, 1.165) is 26.2 Å². The number of sulfone groups is 1. The maximum absolute atomic E-state index is 12.3. The van der Waals surface area contributed by atoms with Gasteiger partial charge in [0, 0.05) is 45.8 Å². The molecule has 0 spiro atoms. The first kappa shape index (κ1) is 16.2. The Labute approximate surface area is 121 Å². The molecule has 1 atom stereocenters. The van der Waals surface area contributed by atoms with Gasteiger partial charge in [0.05, 0.1) is 17.3 Å². The summed E-state index contributed by atoms with van der Waals surface area (Å²) in [5.41, 5.74) is 0. The molecule has 0 aromatic carbocycles. The fraction of sp³-hybridized carbons (Fsp3) is 1.00. The molecule has 0 aliphatic carbocycles. The zero-order chi connectivity index (χ0) is 14.8. The Bertz CT molecular complexity index is 526. The Hall–Kier alpha value is -0.220. The van der Waals surface area contributed by atoms with Crippen LogP contribution >= 0.6 is 0 Å². The summed E-state index contributed by atoms with van der Waals surface area (Å²) in [5.74, 6) is 0.103. The molecule has 2 saturated heterocycles. The van der Waals surface area contributed by atoms with Crippen molar-refractivity contribution < 1.29 is 16.8 Å². The van der Waals surface area contributed by atoms with E-state index in [1.807, 2.05) is 0 Å². The second-order valence-electron chi connectivity index (χ2n) is 5.48. The molecule has 2 heterocycles. The van der Waals surface area contributed by atoms with Crippen molar-refractivity contribution in [3.8, 4) is 0 Å². The highest BCUT2D eigenvalue weighted by molar-refractivity contribution is 7.92. The summed E-state index contributed by atoms with van der Waals surface area (Å²) in [5, 5.41) is 3.22. The zero-order valence-corrected chi connectivity index (χ0v) is 13.4. The van der Waals surface area contributed by atoms with Crippen LogP contribution in [-0.4, -0.2) is 89.1 Å². The molecule has 2 aliphatic heterocycles. The van der Waals surface area contributed by atoms with Crippen LogP contribution in [0.3, 0.4) is 0 Å². The van der Waals surface area contributed by atoms with Gasteiger partial charge < -0.3 is 5.32 Å². The molecule has 0 saturated carbocycles. The van der Waals surface area contributed by atoms with Crippen molar-refractivity contribution >= 4 is 19.9 Å². The summed E-state index contributed by atoms with van der Waals surface area (Å²) >= 11 is 0. The lowest BCUT2D eigenvalue weighted by Crippen LogP contribution is -2.47. The molecule has 1 N–H and O–H groups in total. The summed E-state index contributed by atoms with van der Waals surface area (Å²) in [6.07, 6.45) is 0.408. The van der Waals surface area contributed by atoms with Crippen LogP contribution in [-0.2, 0) is 19.9 Å². The van der Waals surface area contributed by atoms with Crippen LogP contribution in [0, 0.1) is 0 Å². The van der Waals surface area contributed by atoms with Crippen LogP contribution in [0.25, 0.3) is 0 Å². The number of hydrogen-bond acceptors (Lipinski definition) is 6. The molecule has 0 aromatic heterocycles. The molecule has 7 nitrogen and oxygen atoms in total. The largest absolute Gasteiger partial charge is 0.314 e. The maximum Gasteiger partial charge on any atom is 0.215 e. The molecular weight excluding hydrogens is 302 g/mol. The second-order valence-corrected chi connectivity index (χ2v) is 9.86. The van der Waals surface area contributed by atoms with E-state index < -0.39 is 25.9 Å². The normalized spacial score (nSPS) is 28.0. The summed E-state index contributed by atoms with van der Waals surface area (Å²) < 4.78 is 48.7. The first-order chi connectivity index (χ1) is 9.30. The Morgan fingerprint density at radius 3 is 2.50 bits per heavy atom. The first-order valence-electron chi connectivity index (χ1n) is 6.89. The van der Waals surface area contributed by atoms with E-state index >= 15 is 0 Å². The molecule has 9 heteroatoms. The highest BCUT2D eigenvalue weighted by Crippen LogP contribution is 2.19. The van der Waals surface area contributed by atoms with Crippen LogP contribution in [0.2, 0.25) is 0 Å². The van der Waals surface area contributed by atoms with E-state index in [0.29, 0.717) is 13.0 Å². The van der Waals surface area contributed by atoms with Crippen molar-refractivity contribution in [2.45, 2.75) is 12.5 Å². The van der Waals surface area contributed by atoms with Crippen LogP contribution < -0.4 is 5.32 Å². The lowest BCUT2D eigenvalue weighted by Gasteiger charge is -2.29. The maximum atomic E-state index is 12.3. The van der Waals surface area contributed by atoms with Gasteiger partial charge in [0.2, 0.25) is 10.0 Å². The minimum absolute atomic E-state index is 0.0453. The van der Waals surface area contributed by atoms with Crippen molar-refractivity contribution in [1.82, 2.24) is 14.5 Å². The number of sulfonamides is 1. The molecule has 2 fully saturated rings. The molecule has 0 bridgehead atoms. The summed E-state index contributed by atoms with van der Waals surface area (Å²) in [6, 6.07) is -0.395. The molecule has 118 valence electrons. The molecule has 0 amide bonds. The molecule has 2 aliphatic rings. The lowest BCUT2D eigenvalue weighted by molar-refractivity contribution is 0.252. The average Bonchev–Trinajstić information content (AvgIpc) is 2.77. The van der Waals surface area contributed by atoms with Gasteiger partial charge in [0.1, 0.15) is 0 Å². The van der Waals surface area contributed by atoms with Crippen LogP contribution in [0.4, 0.5) is 0 Å². The third-order valence-corrected chi connectivity index (χ3v) is 7.66. The lowest BCUT2D eigenvalue weighted by atomic mass is 10.3. The summed E-state index contributed by atoms with van der Waals surface area (Å²) in [7, 11) is -4.95. The SMILES string of the molecule is CN(C1CCS(=O)(=O)C1)S(=O)(=O)CCN1CCNCC1. The quantitative estimate of drug-likeness (QED) is 0.651. The number of piperazine rings is 1. The van der Waals surface area contributed by atoms with Gasteiger partial charge in [-0.05, 0) is 6.42 Å². The van der Waals surface area contributed by atoms with E-state index in [-0.39, 0.29) is 17.3 Å². The molecule has 1 unspecified atom stereocenters. The third kappa shape index (κ3) is 4.14. The van der Waals surface area contributed by atoms with Crippen molar-refractivity contribution in [3.05, 3.63) is 0 Å². The predicted octanol–water partition coefficient (Wildman–Crippen LogP) is -1.66. The van der Waals surface area contributed by atoms with Gasteiger partial charge in [-0.25, -0.2) is 21.1 Å². The topological polar surface area (TPSA) is 86.8 Å². The predicted molar refractivity (Wildman–Crippen MR) is 77.9 cm³/mol. The standard InChI is InChI=1S/C11H23N3O4S2/c1-13(11-2-8-19(15,16)10-11)20(17,18)9-7-14-5-3-12-4-6-14/h11-12H,2-10H2,1H3. The number of nitrogens with zero attached hydrogens (tertiary/aromatic N) is 2. The van der Waals surface area contributed by atoms with E-state index in [9.17, 15) is 16.8 Å². The summed E-state index contributed by atoms with van der Waals surface area (Å²) in [6.45, 7) is 4.00. The highest BCUT2D eigenvalue weighted by Gasteiger charge is 2.35. The Morgan fingerprint density at radius 2 is 1.95 bits per heavy atom. The van der Waals surface area contributed by atoms with E-state index in [4.69, 9.17) is 0 Å². The molecule has 2 rings (SSSR count). The van der Waals surface area contributed by atoms with Crippen LogP contribution in [0.5, 0.6) is 0 Å². The highest BCUT2D eigenvalue weighted by atomic mass is 32.2. The Morgan fingerprint density at radius 1 is 1.30 bits per heavy atom.